The van der Waals surface area contributed by atoms with Crippen LogP contribution in [-0.4, -0.2) is 14.4 Å². The monoisotopic (exact) mass is 319 g/mol. The Bertz CT molecular complexity index is 976. The van der Waals surface area contributed by atoms with E-state index in [1.165, 1.54) is 0 Å². The topological polar surface area (TPSA) is 30.2 Å². The van der Waals surface area contributed by atoms with Crippen molar-refractivity contribution in [2.24, 2.45) is 0 Å². The Hall–Kier alpha value is -2.65. The zero-order valence-corrected chi connectivity index (χ0v) is 13.3. The highest BCUT2D eigenvalue weighted by Crippen LogP contribution is 2.31. The van der Waals surface area contributed by atoms with E-state index in [1.807, 2.05) is 78.1 Å². The summed E-state index contributed by atoms with van der Waals surface area (Å²) in [5.41, 5.74) is 4.54. The molecule has 2 heterocycles. The molecule has 3 nitrogen and oxygen atoms in total. The summed E-state index contributed by atoms with van der Waals surface area (Å²) in [6.07, 6.45) is 0. The summed E-state index contributed by atoms with van der Waals surface area (Å²) in [6.45, 7) is 1.94. The Morgan fingerprint density at radius 3 is 2.09 bits per heavy atom. The molecule has 0 aliphatic carbocycles. The molecule has 0 fully saturated rings. The predicted octanol–water partition coefficient (Wildman–Crippen LogP) is 5.03. The second kappa shape index (κ2) is 5.52. The molecule has 0 aliphatic heterocycles. The lowest BCUT2D eigenvalue weighted by Crippen LogP contribution is -1.95. The van der Waals surface area contributed by atoms with Gasteiger partial charge >= 0.3 is 0 Å². The maximum Gasteiger partial charge on any atom is 0.166 e. The van der Waals surface area contributed by atoms with Gasteiger partial charge in [-0.3, -0.25) is 4.40 Å². The Balaban J connectivity index is 2.09. The van der Waals surface area contributed by atoms with Crippen LogP contribution in [0.4, 0.5) is 0 Å². The first-order valence-corrected chi connectivity index (χ1v) is 7.78. The number of halogens is 1. The van der Waals surface area contributed by atoms with Crippen LogP contribution in [0.2, 0.25) is 5.15 Å². The molecule has 4 aromatic rings. The normalized spacial score (nSPS) is 11.0. The Morgan fingerprint density at radius 2 is 1.43 bits per heavy atom. The average Bonchev–Trinajstić information content (AvgIpc) is 2.96. The fourth-order valence-electron chi connectivity index (χ4n) is 2.72. The van der Waals surface area contributed by atoms with Crippen LogP contribution in [0.3, 0.4) is 0 Å². The van der Waals surface area contributed by atoms with Gasteiger partial charge in [0, 0.05) is 16.8 Å². The van der Waals surface area contributed by atoms with Crippen LogP contribution in [-0.2, 0) is 0 Å². The van der Waals surface area contributed by atoms with Crippen LogP contribution in [0.25, 0.3) is 28.3 Å². The van der Waals surface area contributed by atoms with Gasteiger partial charge < -0.3 is 0 Å². The summed E-state index contributed by atoms with van der Waals surface area (Å²) < 4.78 is 1.91. The second-order valence-corrected chi connectivity index (χ2v) is 5.78. The van der Waals surface area contributed by atoms with Crippen LogP contribution >= 0.6 is 11.6 Å². The smallest absolute Gasteiger partial charge is 0.166 e. The van der Waals surface area contributed by atoms with Crippen molar-refractivity contribution >= 4 is 17.2 Å². The molecule has 2 aromatic carbocycles. The summed E-state index contributed by atoms with van der Waals surface area (Å²) in [4.78, 5) is 9.52. The van der Waals surface area contributed by atoms with Crippen molar-refractivity contribution in [2.45, 2.75) is 6.92 Å². The molecular weight excluding hydrogens is 306 g/mol. The van der Waals surface area contributed by atoms with Gasteiger partial charge in [0.25, 0.3) is 0 Å². The Labute approximate surface area is 139 Å². The van der Waals surface area contributed by atoms with Crippen LogP contribution in [0.15, 0.2) is 66.7 Å². The summed E-state index contributed by atoms with van der Waals surface area (Å²) in [5.74, 6) is 0.803. The quantitative estimate of drug-likeness (QED) is 0.485. The van der Waals surface area contributed by atoms with Crippen molar-refractivity contribution < 1.29 is 0 Å². The fourth-order valence-corrected chi connectivity index (χ4v) is 3.04. The summed E-state index contributed by atoms with van der Waals surface area (Å²) in [7, 11) is 0. The maximum absolute atomic E-state index is 6.50. The fraction of sp³-hybridized carbons (Fsp3) is 0.0526. The number of nitrogens with zero attached hydrogens (tertiary/aromatic N) is 3. The number of imidazole rings is 1. The first-order chi connectivity index (χ1) is 11.2. The molecule has 0 atom stereocenters. The van der Waals surface area contributed by atoms with E-state index in [0.717, 1.165) is 34.0 Å². The number of benzene rings is 2. The molecule has 0 N–H and O–H groups in total. The molecule has 0 spiro atoms. The highest BCUT2D eigenvalue weighted by Gasteiger charge is 2.17. The molecule has 0 unspecified atom stereocenters. The number of rotatable bonds is 2. The van der Waals surface area contributed by atoms with Crippen molar-refractivity contribution in [3.63, 3.8) is 0 Å². The molecule has 112 valence electrons. The minimum Gasteiger partial charge on any atom is -0.266 e. The average molecular weight is 320 g/mol. The third kappa shape index (κ3) is 2.39. The molecule has 0 saturated heterocycles. The van der Waals surface area contributed by atoms with E-state index in [2.05, 4.69) is 4.98 Å². The molecule has 4 rings (SSSR count). The molecule has 23 heavy (non-hydrogen) atoms. The minimum absolute atomic E-state index is 0.612. The van der Waals surface area contributed by atoms with Gasteiger partial charge in [0.1, 0.15) is 16.7 Å². The van der Waals surface area contributed by atoms with Gasteiger partial charge in [0.05, 0.1) is 0 Å². The SMILES string of the molecule is Cc1cc(Cl)n2c(-c3ccccc3)nc(-c3ccccc3)c2n1. The third-order valence-corrected chi connectivity index (χ3v) is 4.03. The molecule has 0 amide bonds. The van der Waals surface area contributed by atoms with Gasteiger partial charge in [-0.05, 0) is 13.0 Å². The number of aryl methyl sites for hydroxylation is 1. The van der Waals surface area contributed by atoms with Crippen molar-refractivity contribution in [2.75, 3.05) is 0 Å². The van der Waals surface area contributed by atoms with E-state index in [4.69, 9.17) is 16.6 Å². The van der Waals surface area contributed by atoms with Crippen molar-refractivity contribution in [3.05, 3.63) is 77.6 Å². The van der Waals surface area contributed by atoms with Crippen LogP contribution in [0.5, 0.6) is 0 Å². The molecular formula is C19H14ClN3. The van der Waals surface area contributed by atoms with Crippen molar-refractivity contribution in [3.8, 4) is 22.6 Å². The third-order valence-electron chi connectivity index (χ3n) is 3.76. The van der Waals surface area contributed by atoms with Gasteiger partial charge in [-0.2, -0.15) is 0 Å². The first-order valence-electron chi connectivity index (χ1n) is 7.40. The van der Waals surface area contributed by atoms with Crippen molar-refractivity contribution in [1.29, 1.82) is 0 Å². The van der Waals surface area contributed by atoms with E-state index >= 15 is 0 Å². The summed E-state index contributed by atoms with van der Waals surface area (Å²) >= 11 is 6.50. The van der Waals surface area contributed by atoms with E-state index in [0.29, 0.717) is 5.15 Å². The number of hydrogen-bond acceptors (Lipinski definition) is 2. The lowest BCUT2D eigenvalue weighted by atomic mass is 10.1. The van der Waals surface area contributed by atoms with E-state index in [-0.39, 0.29) is 0 Å². The maximum atomic E-state index is 6.50. The second-order valence-electron chi connectivity index (χ2n) is 5.40. The minimum atomic E-state index is 0.612. The summed E-state index contributed by atoms with van der Waals surface area (Å²) in [5, 5.41) is 0.612. The largest absolute Gasteiger partial charge is 0.266 e. The first kappa shape index (κ1) is 14.0. The predicted molar refractivity (Wildman–Crippen MR) is 93.6 cm³/mol. The van der Waals surface area contributed by atoms with Gasteiger partial charge in [0.2, 0.25) is 0 Å². The van der Waals surface area contributed by atoms with Crippen LogP contribution < -0.4 is 0 Å². The summed E-state index contributed by atoms with van der Waals surface area (Å²) in [6, 6.07) is 22.0. The highest BCUT2D eigenvalue weighted by molar-refractivity contribution is 6.30. The van der Waals surface area contributed by atoms with Crippen molar-refractivity contribution in [1.82, 2.24) is 14.4 Å². The number of hydrogen-bond donors (Lipinski definition) is 0. The van der Waals surface area contributed by atoms with Gasteiger partial charge in [-0.1, -0.05) is 72.3 Å². The van der Waals surface area contributed by atoms with E-state index in [1.54, 1.807) is 0 Å². The van der Waals surface area contributed by atoms with Gasteiger partial charge in [0.15, 0.2) is 5.65 Å². The molecule has 0 aliphatic rings. The molecule has 0 saturated carbocycles. The molecule has 0 radical (unpaired) electrons. The van der Waals surface area contributed by atoms with Gasteiger partial charge in [-0.15, -0.1) is 0 Å². The lowest BCUT2D eigenvalue weighted by Gasteiger charge is -2.04. The highest BCUT2D eigenvalue weighted by atomic mass is 35.5. The number of fused-ring (bicyclic) bond motifs is 1. The van der Waals surface area contributed by atoms with Crippen LogP contribution in [0, 0.1) is 6.92 Å². The Morgan fingerprint density at radius 1 is 0.826 bits per heavy atom. The molecule has 2 aromatic heterocycles. The zero-order chi connectivity index (χ0) is 15.8. The molecule has 4 heteroatoms. The lowest BCUT2D eigenvalue weighted by molar-refractivity contribution is 1.09. The number of aromatic nitrogens is 3. The van der Waals surface area contributed by atoms with Crippen LogP contribution in [0.1, 0.15) is 5.69 Å². The standard InChI is InChI=1S/C19H14ClN3/c1-13-12-16(20)23-18(15-10-6-3-7-11-15)22-17(19(23)21-13)14-8-4-2-5-9-14/h2-12H,1H3. The molecule has 0 bridgehead atoms. The van der Waals surface area contributed by atoms with E-state index in [9.17, 15) is 0 Å². The van der Waals surface area contributed by atoms with Gasteiger partial charge in [-0.25, -0.2) is 9.97 Å². The van der Waals surface area contributed by atoms with E-state index < -0.39 is 0 Å². The zero-order valence-electron chi connectivity index (χ0n) is 12.6. The Kier molecular flexibility index (Phi) is 3.36.